The summed E-state index contributed by atoms with van der Waals surface area (Å²) in [5, 5.41) is 2.73. The third kappa shape index (κ3) is 12.2. The number of alkyl halides is 6. The Hall–Kier alpha value is -3.24. The standard InChI is InChI=1S/C29H32F6N6O2.2ClH.5H2O/c1-38-6-9-40(10-7-38)37-26(42)18-39-8-11-41(23(17-39)14-20-16-36-25-5-3-2-4-24(20)25)27(43)19-12-21(28(30,31)32)15-22(13-19)29(33,34)35;;;;;;;/h2-5,12-13,15-16,23,36H,6-11,14,17-18H2,1H3,(H,37,42);2*1H;5*1H2. The number of likely N-dealkylation sites (N-methyl/N-ethyl adjacent to an activating group) is 1. The predicted molar refractivity (Wildman–Crippen MR) is 179 cm³/mol. The minimum Gasteiger partial charge on any atom is -0.412 e. The molecule has 0 saturated carbocycles. The van der Waals surface area contributed by atoms with E-state index in [9.17, 15) is 35.9 Å². The van der Waals surface area contributed by atoms with E-state index in [4.69, 9.17) is 0 Å². The van der Waals surface area contributed by atoms with Gasteiger partial charge in [0.25, 0.3) is 5.91 Å². The lowest BCUT2D eigenvalue weighted by Crippen LogP contribution is -2.59. The first-order valence-corrected chi connectivity index (χ1v) is 13.9. The highest BCUT2D eigenvalue weighted by molar-refractivity contribution is 5.95. The summed E-state index contributed by atoms with van der Waals surface area (Å²) in [7, 11) is 2.00. The quantitative estimate of drug-likeness (QED) is 0.341. The number of nitrogens with zero attached hydrogens (tertiary/aromatic N) is 4. The van der Waals surface area contributed by atoms with Crippen LogP contribution in [0, 0.1) is 0 Å². The third-order valence-corrected chi connectivity index (χ3v) is 7.95. The van der Waals surface area contributed by atoms with Crippen LogP contribution >= 0.6 is 24.8 Å². The van der Waals surface area contributed by atoms with Crippen molar-refractivity contribution in [2.24, 2.45) is 0 Å². The molecule has 50 heavy (non-hydrogen) atoms. The molecule has 2 aromatic carbocycles. The highest BCUT2D eigenvalue weighted by Gasteiger charge is 2.39. The lowest BCUT2D eigenvalue weighted by Gasteiger charge is -2.42. The molecule has 13 nitrogen and oxygen atoms in total. The number of benzene rings is 2. The van der Waals surface area contributed by atoms with Crippen LogP contribution in [-0.4, -0.2) is 129 Å². The van der Waals surface area contributed by atoms with Crippen molar-refractivity contribution in [1.82, 2.24) is 30.1 Å². The average molecular weight is 774 g/mol. The van der Waals surface area contributed by atoms with Gasteiger partial charge in [-0.25, -0.2) is 5.01 Å². The monoisotopic (exact) mass is 772 g/mol. The molecule has 1 unspecified atom stereocenters. The van der Waals surface area contributed by atoms with Gasteiger partial charge in [0.2, 0.25) is 5.91 Å². The summed E-state index contributed by atoms with van der Waals surface area (Å²) in [6.07, 6.45) is -8.10. The van der Waals surface area contributed by atoms with E-state index in [2.05, 4.69) is 15.3 Å². The summed E-state index contributed by atoms with van der Waals surface area (Å²) in [6, 6.07) is 7.79. The smallest absolute Gasteiger partial charge is 0.412 e. The Kier molecular flexibility index (Phi) is 21.0. The van der Waals surface area contributed by atoms with Gasteiger partial charge in [-0.15, -0.1) is 24.8 Å². The molecule has 0 spiro atoms. The molecule has 21 heteroatoms. The lowest BCUT2D eigenvalue weighted by molar-refractivity contribution is -0.143. The summed E-state index contributed by atoms with van der Waals surface area (Å²) in [6.45, 7) is 3.42. The van der Waals surface area contributed by atoms with Crippen LogP contribution in [0.3, 0.4) is 0 Å². The van der Waals surface area contributed by atoms with E-state index in [-0.39, 0.29) is 96.8 Å². The number of rotatable bonds is 6. The molecule has 1 atom stereocenters. The number of aromatic amines is 1. The summed E-state index contributed by atoms with van der Waals surface area (Å²) >= 11 is 0. The minimum atomic E-state index is -5.07. The summed E-state index contributed by atoms with van der Waals surface area (Å²) < 4.78 is 81.2. The van der Waals surface area contributed by atoms with Gasteiger partial charge in [-0.2, -0.15) is 26.3 Å². The second kappa shape index (κ2) is 20.6. The van der Waals surface area contributed by atoms with E-state index in [0.717, 1.165) is 29.6 Å². The molecule has 3 heterocycles. The zero-order valence-corrected chi connectivity index (χ0v) is 28.4. The van der Waals surface area contributed by atoms with Gasteiger partial charge in [0.05, 0.1) is 17.7 Å². The van der Waals surface area contributed by atoms with E-state index >= 15 is 0 Å². The Labute approximate surface area is 295 Å². The number of halogens is 8. The van der Waals surface area contributed by atoms with E-state index < -0.39 is 41.0 Å². The van der Waals surface area contributed by atoms with Crippen LogP contribution in [0.25, 0.3) is 10.9 Å². The molecule has 12 N–H and O–H groups in total. The second-order valence-corrected chi connectivity index (χ2v) is 11.1. The van der Waals surface area contributed by atoms with Crippen molar-refractivity contribution >= 4 is 47.5 Å². The van der Waals surface area contributed by atoms with Crippen LogP contribution < -0.4 is 5.43 Å². The fourth-order valence-corrected chi connectivity index (χ4v) is 5.64. The lowest BCUT2D eigenvalue weighted by atomic mass is 9.98. The number of carbonyl (C=O) groups excluding carboxylic acids is 2. The normalized spacial score (nSPS) is 16.9. The molecule has 3 aromatic rings. The number of hydrogen-bond donors (Lipinski definition) is 2. The van der Waals surface area contributed by atoms with Crippen molar-refractivity contribution < 1.29 is 63.3 Å². The van der Waals surface area contributed by atoms with Crippen molar-refractivity contribution in [3.8, 4) is 0 Å². The predicted octanol–water partition coefficient (Wildman–Crippen LogP) is 0.573. The molecule has 2 aliphatic rings. The number of nitrogens with one attached hydrogen (secondary N) is 2. The number of carbonyl (C=O) groups is 2. The number of para-hydroxylation sites is 1. The van der Waals surface area contributed by atoms with Crippen molar-refractivity contribution in [1.29, 1.82) is 0 Å². The first-order valence-electron chi connectivity index (χ1n) is 13.9. The van der Waals surface area contributed by atoms with Crippen LogP contribution in [0.15, 0.2) is 48.7 Å². The zero-order chi connectivity index (χ0) is 30.9. The molecule has 2 fully saturated rings. The van der Waals surface area contributed by atoms with Crippen LogP contribution in [-0.2, 0) is 23.6 Å². The maximum Gasteiger partial charge on any atom is 0.416 e. The molecule has 1 aromatic heterocycles. The van der Waals surface area contributed by atoms with Gasteiger partial charge >= 0.3 is 12.4 Å². The van der Waals surface area contributed by atoms with Crippen molar-refractivity contribution in [2.45, 2.75) is 24.8 Å². The second-order valence-electron chi connectivity index (χ2n) is 11.1. The Morgan fingerprint density at radius 1 is 0.820 bits per heavy atom. The van der Waals surface area contributed by atoms with E-state index in [1.807, 2.05) is 41.2 Å². The molecule has 0 radical (unpaired) electrons. The van der Waals surface area contributed by atoms with Crippen molar-refractivity contribution in [2.75, 3.05) is 59.4 Å². The number of aromatic nitrogens is 1. The molecular formula is C29H44Cl2F6N6O7. The maximum atomic E-state index is 13.7. The average Bonchev–Trinajstić information content (AvgIpc) is 3.35. The maximum absolute atomic E-state index is 13.7. The van der Waals surface area contributed by atoms with Gasteiger partial charge in [-0.3, -0.25) is 19.9 Å². The Balaban J connectivity index is -0.00000316. The van der Waals surface area contributed by atoms with Gasteiger partial charge < -0.3 is 42.2 Å². The number of hydrazine groups is 1. The van der Waals surface area contributed by atoms with Gasteiger partial charge in [-0.05, 0) is 43.3 Å². The van der Waals surface area contributed by atoms with E-state index in [1.165, 1.54) is 4.90 Å². The first kappa shape index (κ1) is 51.1. The summed E-state index contributed by atoms with van der Waals surface area (Å²) in [4.78, 5) is 35.0. The highest BCUT2D eigenvalue weighted by atomic mass is 35.5. The van der Waals surface area contributed by atoms with Gasteiger partial charge in [-0.1, -0.05) is 18.2 Å². The molecular weight excluding hydrogens is 729 g/mol. The minimum absolute atomic E-state index is 0. The zero-order valence-electron chi connectivity index (χ0n) is 26.7. The van der Waals surface area contributed by atoms with E-state index in [1.54, 1.807) is 6.20 Å². The van der Waals surface area contributed by atoms with Crippen molar-refractivity contribution in [3.63, 3.8) is 0 Å². The van der Waals surface area contributed by atoms with Crippen molar-refractivity contribution in [3.05, 3.63) is 70.9 Å². The molecule has 2 aliphatic heterocycles. The number of amides is 2. The third-order valence-electron chi connectivity index (χ3n) is 7.95. The molecule has 0 aliphatic carbocycles. The number of fused-ring (bicyclic) bond motifs is 1. The van der Waals surface area contributed by atoms with Gasteiger partial charge in [0, 0.05) is 74.5 Å². The highest BCUT2D eigenvalue weighted by Crippen LogP contribution is 2.37. The number of piperazine rings is 2. The van der Waals surface area contributed by atoms with E-state index in [0.29, 0.717) is 25.2 Å². The molecule has 2 saturated heterocycles. The van der Waals surface area contributed by atoms with Crippen LogP contribution in [0.5, 0.6) is 0 Å². The first-order chi connectivity index (χ1) is 20.3. The Morgan fingerprint density at radius 3 is 1.94 bits per heavy atom. The SMILES string of the molecule is CN1CCN(NC(=O)CN2CCN(C(=O)c3cc(C(F)(F)F)cc(C(F)(F)F)c3)C(Cc3c[nH]c4ccccc34)C2)CC1.Cl.Cl.O.O.O.O.O. The van der Waals surface area contributed by atoms with Crippen LogP contribution in [0.4, 0.5) is 26.3 Å². The number of hydrogen-bond acceptors (Lipinski definition) is 5. The number of H-pyrrole nitrogens is 1. The molecule has 0 bridgehead atoms. The summed E-state index contributed by atoms with van der Waals surface area (Å²) in [5.41, 5.74) is 0.809. The van der Waals surface area contributed by atoms with Crippen LogP contribution in [0.2, 0.25) is 0 Å². The largest absolute Gasteiger partial charge is 0.416 e. The fraction of sp³-hybridized carbons (Fsp3) is 0.448. The van der Waals surface area contributed by atoms with Crippen LogP contribution in [0.1, 0.15) is 27.0 Å². The topological polar surface area (TPSA) is 232 Å². The molecule has 2 amide bonds. The fourth-order valence-electron chi connectivity index (χ4n) is 5.64. The molecule has 288 valence electrons. The van der Waals surface area contributed by atoms with Gasteiger partial charge in [0.1, 0.15) is 0 Å². The van der Waals surface area contributed by atoms with Gasteiger partial charge in [0.15, 0.2) is 0 Å². The Bertz CT molecular complexity index is 1460. The summed E-state index contributed by atoms with van der Waals surface area (Å²) in [5.74, 6) is -1.16. The Morgan fingerprint density at radius 2 is 1.38 bits per heavy atom. The molecule has 5 rings (SSSR count).